The van der Waals surface area contributed by atoms with Crippen LogP contribution in [-0.4, -0.2) is 21.3 Å². The van der Waals surface area contributed by atoms with Gasteiger partial charge in [-0.25, -0.2) is 0 Å². The molecule has 3 aromatic carbocycles. The smallest absolute Gasteiger partial charge is 0.118 e. The van der Waals surface area contributed by atoms with E-state index in [1.807, 2.05) is 36.4 Å². The van der Waals surface area contributed by atoms with E-state index in [0.717, 1.165) is 31.0 Å². The van der Waals surface area contributed by atoms with Gasteiger partial charge in [0.2, 0.25) is 0 Å². The van der Waals surface area contributed by atoms with Gasteiger partial charge in [0.15, 0.2) is 0 Å². The average molecular weight is 414 g/mol. The first kappa shape index (κ1) is 20.0. The lowest BCUT2D eigenvalue weighted by Crippen LogP contribution is -1.86. The summed E-state index contributed by atoms with van der Waals surface area (Å²) in [6.07, 6.45) is 0. The minimum absolute atomic E-state index is 0.854. The van der Waals surface area contributed by atoms with Crippen LogP contribution in [0.15, 0.2) is 84.9 Å². The fraction of sp³-hybridized carbons (Fsp3) is 0.115. The summed E-state index contributed by atoms with van der Waals surface area (Å²) in [6.45, 7) is 0. The maximum Gasteiger partial charge on any atom is 0.118 e. The molecule has 0 amide bonds. The van der Waals surface area contributed by atoms with Crippen LogP contribution in [0.4, 0.5) is 0 Å². The van der Waals surface area contributed by atoms with E-state index < -0.39 is 0 Å². The SMILES string of the molecule is COc1ccc(-c2cc(-c3ccc(OC)cc3)pc(-c3ccc(OC)cc3)c2)cc1. The second kappa shape index (κ2) is 9.02. The van der Waals surface area contributed by atoms with Gasteiger partial charge >= 0.3 is 0 Å². The Kier molecular flexibility index (Phi) is 6.02. The van der Waals surface area contributed by atoms with Crippen molar-refractivity contribution >= 4 is 8.19 Å². The summed E-state index contributed by atoms with van der Waals surface area (Å²) >= 11 is 0. The van der Waals surface area contributed by atoms with E-state index in [1.165, 1.54) is 27.3 Å². The molecule has 0 fully saturated rings. The molecule has 150 valence electrons. The lowest BCUT2D eigenvalue weighted by Gasteiger charge is -2.12. The van der Waals surface area contributed by atoms with Crippen molar-refractivity contribution in [2.24, 2.45) is 0 Å². The number of hydrogen-bond donors (Lipinski definition) is 0. The maximum absolute atomic E-state index is 5.32. The van der Waals surface area contributed by atoms with Gasteiger partial charge in [0.1, 0.15) is 17.2 Å². The molecule has 0 atom stereocenters. The molecule has 3 nitrogen and oxygen atoms in total. The predicted molar refractivity (Wildman–Crippen MR) is 125 cm³/mol. The van der Waals surface area contributed by atoms with Crippen molar-refractivity contribution in [2.75, 3.05) is 21.3 Å². The zero-order valence-corrected chi connectivity index (χ0v) is 18.1. The second-order valence-corrected chi connectivity index (χ2v) is 8.00. The van der Waals surface area contributed by atoms with Crippen molar-refractivity contribution in [2.45, 2.75) is 0 Å². The van der Waals surface area contributed by atoms with Gasteiger partial charge in [0.05, 0.1) is 21.3 Å². The summed E-state index contributed by atoms with van der Waals surface area (Å²) in [5.74, 6) is 2.57. The summed E-state index contributed by atoms with van der Waals surface area (Å²) in [5, 5.41) is 2.49. The third kappa shape index (κ3) is 4.32. The van der Waals surface area contributed by atoms with Crippen LogP contribution in [0.1, 0.15) is 0 Å². The van der Waals surface area contributed by atoms with Crippen LogP contribution in [0.2, 0.25) is 0 Å². The lowest BCUT2D eigenvalue weighted by atomic mass is 10.0. The van der Waals surface area contributed by atoms with Crippen LogP contribution in [0.5, 0.6) is 17.2 Å². The Bertz CT molecular complexity index is 960. The highest BCUT2D eigenvalue weighted by Crippen LogP contribution is 2.41. The van der Waals surface area contributed by atoms with E-state index in [1.54, 1.807) is 21.3 Å². The number of methoxy groups -OCH3 is 3. The Morgan fingerprint density at radius 3 is 1.10 bits per heavy atom. The van der Waals surface area contributed by atoms with Gasteiger partial charge in [0, 0.05) is 10.6 Å². The van der Waals surface area contributed by atoms with Crippen molar-refractivity contribution in [3.8, 4) is 50.1 Å². The van der Waals surface area contributed by atoms with Gasteiger partial charge in [-0.05, 0) is 70.8 Å². The molecule has 0 unspecified atom stereocenters. The zero-order chi connectivity index (χ0) is 20.9. The van der Waals surface area contributed by atoms with Gasteiger partial charge in [-0.1, -0.05) is 44.6 Å². The van der Waals surface area contributed by atoms with Gasteiger partial charge in [-0.15, -0.1) is 0 Å². The van der Waals surface area contributed by atoms with Gasteiger partial charge in [-0.2, -0.15) is 0 Å². The monoisotopic (exact) mass is 414 g/mol. The maximum atomic E-state index is 5.32. The molecule has 0 spiro atoms. The van der Waals surface area contributed by atoms with Crippen LogP contribution >= 0.6 is 8.19 Å². The molecule has 0 aliphatic heterocycles. The van der Waals surface area contributed by atoms with Crippen LogP contribution in [0.3, 0.4) is 0 Å². The highest BCUT2D eigenvalue weighted by atomic mass is 31.0. The summed E-state index contributed by atoms with van der Waals surface area (Å²) in [6, 6.07) is 29.2. The molecule has 0 saturated heterocycles. The third-order valence-corrected chi connectivity index (χ3v) is 6.28. The standard InChI is InChI=1S/C26H23O3P/c1-27-22-10-4-18(5-11-22)21-16-25(19-6-12-23(28-2)13-7-19)30-26(17-21)20-8-14-24(29-3)15-9-20/h4-17H,1-3H3. The van der Waals surface area contributed by atoms with Crippen LogP contribution in [-0.2, 0) is 0 Å². The fourth-order valence-corrected chi connectivity index (χ4v) is 4.52. The molecular formula is C26H23O3P. The largest absolute Gasteiger partial charge is 0.497 e. The first-order chi connectivity index (χ1) is 14.7. The molecular weight excluding hydrogens is 391 g/mol. The van der Waals surface area contributed by atoms with E-state index >= 15 is 0 Å². The lowest BCUT2D eigenvalue weighted by molar-refractivity contribution is 0.415. The molecule has 0 saturated carbocycles. The molecule has 0 N–H and O–H groups in total. The van der Waals surface area contributed by atoms with Gasteiger partial charge < -0.3 is 14.2 Å². The Labute approximate surface area is 179 Å². The Balaban J connectivity index is 1.83. The minimum Gasteiger partial charge on any atom is -0.497 e. The average Bonchev–Trinajstić information content (AvgIpc) is 2.84. The van der Waals surface area contributed by atoms with Crippen LogP contribution in [0.25, 0.3) is 32.8 Å². The Morgan fingerprint density at radius 1 is 0.433 bits per heavy atom. The molecule has 1 heterocycles. The highest BCUT2D eigenvalue weighted by molar-refractivity contribution is 7.37. The Hall–Kier alpha value is -3.29. The number of ether oxygens (including phenoxy) is 3. The molecule has 0 bridgehead atoms. The van der Waals surface area contributed by atoms with Crippen molar-refractivity contribution in [1.29, 1.82) is 0 Å². The molecule has 4 heteroatoms. The van der Waals surface area contributed by atoms with E-state index in [2.05, 4.69) is 48.5 Å². The Morgan fingerprint density at radius 2 is 0.767 bits per heavy atom. The summed E-state index contributed by atoms with van der Waals surface area (Å²) in [5.41, 5.74) is 4.70. The topological polar surface area (TPSA) is 27.7 Å². The molecule has 0 aliphatic rings. The zero-order valence-electron chi connectivity index (χ0n) is 17.3. The normalized spacial score (nSPS) is 10.5. The summed E-state index contributed by atoms with van der Waals surface area (Å²) < 4.78 is 16.0. The van der Waals surface area contributed by atoms with E-state index in [0.29, 0.717) is 0 Å². The van der Waals surface area contributed by atoms with E-state index in [4.69, 9.17) is 14.2 Å². The molecule has 30 heavy (non-hydrogen) atoms. The number of rotatable bonds is 6. The third-order valence-electron chi connectivity index (χ3n) is 5.02. The summed E-state index contributed by atoms with van der Waals surface area (Å²) in [4.78, 5) is 0. The molecule has 4 rings (SSSR count). The van der Waals surface area contributed by atoms with Crippen molar-refractivity contribution < 1.29 is 14.2 Å². The highest BCUT2D eigenvalue weighted by Gasteiger charge is 2.09. The van der Waals surface area contributed by atoms with Crippen LogP contribution < -0.4 is 14.2 Å². The molecule has 4 aromatic rings. The van der Waals surface area contributed by atoms with Crippen molar-refractivity contribution in [3.63, 3.8) is 0 Å². The quantitative estimate of drug-likeness (QED) is 0.331. The molecule has 1 aromatic heterocycles. The minimum atomic E-state index is 0.854. The van der Waals surface area contributed by atoms with Crippen molar-refractivity contribution in [3.05, 3.63) is 84.9 Å². The molecule has 0 aliphatic carbocycles. The second-order valence-electron chi connectivity index (χ2n) is 6.81. The summed E-state index contributed by atoms with van der Waals surface area (Å²) in [7, 11) is 6.22. The van der Waals surface area contributed by atoms with Crippen LogP contribution in [0, 0.1) is 0 Å². The van der Waals surface area contributed by atoms with Gasteiger partial charge in [-0.3, -0.25) is 0 Å². The van der Waals surface area contributed by atoms with E-state index in [9.17, 15) is 0 Å². The number of hydrogen-bond acceptors (Lipinski definition) is 3. The first-order valence-corrected chi connectivity index (χ1v) is 10.5. The van der Waals surface area contributed by atoms with Crippen molar-refractivity contribution in [1.82, 2.24) is 0 Å². The first-order valence-electron chi connectivity index (χ1n) is 9.65. The van der Waals surface area contributed by atoms with Gasteiger partial charge in [0.25, 0.3) is 0 Å². The van der Waals surface area contributed by atoms with E-state index in [-0.39, 0.29) is 0 Å². The predicted octanol–water partition coefficient (Wildman–Crippen LogP) is 7.29. The number of benzene rings is 3. The molecule has 0 radical (unpaired) electrons. The fourth-order valence-electron chi connectivity index (χ4n) is 3.30.